The van der Waals surface area contributed by atoms with Crippen molar-refractivity contribution in [2.75, 3.05) is 19.6 Å². The molecule has 1 saturated carbocycles. The van der Waals surface area contributed by atoms with E-state index in [1.165, 1.54) is 63.7 Å². The second-order valence-corrected chi connectivity index (χ2v) is 6.08. The zero-order valence-electron chi connectivity index (χ0n) is 11.9. The van der Waals surface area contributed by atoms with Gasteiger partial charge in [-0.3, -0.25) is 0 Å². The molecule has 1 aliphatic carbocycles. The van der Waals surface area contributed by atoms with Gasteiger partial charge in [0.1, 0.15) is 0 Å². The van der Waals surface area contributed by atoms with Gasteiger partial charge in [0.15, 0.2) is 0 Å². The summed E-state index contributed by atoms with van der Waals surface area (Å²) in [5.74, 6) is 0. The Morgan fingerprint density at radius 3 is 2.42 bits per heavy atom. The Hall–Kier alpha value is -0.860. The predicted octanol–water partition coefficient (Wildman–Crippen LogP) is 2.84. The van der Waals surface area contributed by atoms with Crippen LogP contribution in [0.4, 0.5) is 0 Å². The second kappa shape index (κ2) is 6.53. The molecule has 1 aliphatic heterocycles. The Morgan fingerprint density at radius 2 is 1.74 bits per heavy atom. The molecule has 1 heterocycles. The molecule has 0 bridgehead atoms. The van der Waals surface area contributed by atoms with E-state index in [-0.39, 0.29) is 0 Å². The molecule has 1 saturated heterocycles. The molecule has 2 nitrogen and oxygen atoms in total. The maximum Gasteiger partial charge on any atom is 0.00964 e. The minimum atomic E-state index is 0.769. The fraction of sp³-hybridized carbons (Fsp3) is 0.647. The number of piperidine rings is 1. The van der Waals surface area contributed by atoms with Crippen molar-refractivity contribution in [3.8, 4) is 0 Å². The molecule has 0 amide bonds. The van der Waals surface area contributed by atoms with Crippen LogP contribution in [-0.4, -0.2) is 36.6 Å². The van der Waals surface area contributed by atoms with Crippen molar-refractivity contribution in [2.24, 2.45) is 0 Å². The molecule has 2 heteroatoms. The zero-order valence-corrected chi connectivity index (χ0v) is 11.9. The van der Waals surface area contributed by atoms with Crippen molar-refractivity contribution in [3.05, 3.63) is 35.9 Å². The average molecular weight is 258 g/mol. The molecule has 1 N–H and O–H groups in total. The first kappa shape index (κ1) is 13.1. The monoisotopic (exact) mass is 258 g/mol. The fourth-order valence-electron chi connectivity index (χ4n) is 3.15. The summed E-state index contributed by atoms with van der Waals surface area (Å²) in [7, 11) is 0. The van der Waals surface area contributed by atoms with E-state index in [0.29, 0.717) is 0 Å². The molecule has 0 aromatic heterocycles. The van der Waals surface area contributed by atoms with E-state index < -0.39 is 0 Å². The lowest BCUT2D eigenvalue weighted by molar-refractivity contribution is 0.189. The number of rotatable bonds is 6. The lowest BCUT2D eigenvalue weighted by Gasteiger charge is -2.32. The third kappa shape index (κ3) is 4.05. The van der Waals surface area contributed by atoms with Crippen LogP contribution in [0.3, 0.4) is 0 Å². The van der Waals surface area contributed by atoms with Crippen LogP contribution in [0.15, 0.2) is 30.3 Å². The van der Waals surface area contributed by atoms with E-state index in [1.54, 1.807) is 0 Å². The van der Waals surface area contributed by atoms with Gasteiger partial charge in [0.25, 0.3) is 0 Å². The van der Waals surface area contributed by atoms with Crippen molar-refractivity contribution in [1.82, 2.24) is 10.2 Å². The van der Waals surface area contributed by atoms with E-state index in [1.807, 2.05) is 0 Å². The first-order valence-corrected chi connectivity index (χ1v) is 7.93. The van der Waals surface area contributed by atoms with Gasteiger partial charge in [-0.15, -0.1) is 0 Å². The van der Waals surface area contributed by atoms with Gasteiger partial charge in [-0.2, -0.15) is 0 Å². The molecule has 1 aromatic carbocycles. The smallest absolute Gasteiger partial charge is 0.00964 e. The van der Waals surface area contributed by atoms with Crippen molar-refractivity contribution >= 4 is 0 Å². The normalized spacial score (nSPS) is 21.7. The van der Waals surface area contributed by atoms with Crippen LogP contribution in [-0.2, 0) is 6.42 Å². The van der Waals surface area contributed by atoms with Crippen LogP contribution < -0.4 is 5.32 Å². The van der Waals surface area contributed by atoms with Gasteiger partial charge < -0.3 is 10.2 Å². The van der Waals surface area contributed by atoms with Crippen LogP contribution in [0, 0.1) is 0 Å². The quantitative estimate of drug-likeness (QED) is 0.789. The summed E-state index contributed by atoms with van der Waals surface area (Å²) < 4.78 is 0. The first-order valence-electron chi connectivity index (χ1n) is 7.93. The second-order valence-electron chi connectivity index (χ2n) is 6.08. The van der Waals surface area contributed by atoms with Crippen LogP contribution in [0.25, 0.3) is 0 Å². The minimum Gasteiger partial charge on any atom is -0.314 e. The summed E-state index contributed by atoms with van der Waals surface area (Å²) in [5.41, 5.74) is 1.47. The molecule has 1 aromatic rings. The van der Waals surface area contributed by atoms with Crippen molar-refractivity contribution in [1.29, 1.82) is 0 Å². The highest BCUT2D eigenvalue weighted by Crippen LogP contribution is 2.29. The zero-order chi connectivity index (χ0) is 12.9. The number of hydrogen-bond acceptors (Lipinski definition) is 2. The van der Waals surface area contributed by atoms with Gasteiger partial charge >= 0.3 is 0 Å². The third-order valence-electron chi connectivity index (χ3n) is 4.51. The van der Waals surface area contributed by atoms with Gasteiger partial charge in [0.05, 0.1) is 0 Å². The van der Waals surface area contributed by atoms with Crippen molar-refractivity contribution in [3.63, 3.8) is 0 Å². The van der Waals surface area contributed by atoms with E-state index in [4.69, 9.17) is 0 Å². The molecule has 3 rings (SSSR count). The number of benzene rings is 1. The van der Waals surface area contributed by atoms with E-state index in [9.17, 15) is 0 Å². The van der Waals surface area contributed by atoms with Crippen LogP contribution in [0.5, 0.6) is 0 Å². The molecule has 0 spiro atoms. The maximum absolute atomic E-state index is 3.75. The Labute approximate surface area is 117 Å². The summed E-state index contributed by atoms with van der Waals surface area (Å²) in [4.78, 5) is 2.70. The molecule has 0 atom stereocenters. The van der Waals surface area contributed by atoms with Crippen molar-refractivity contribution in [2.45, 2.75) is 50.6 Å². The molecular weight excluding hydrogens is 232 g/mol. The fourth-order valence-corrected chi connectivity index (χ4v) is 3.15. The van der Waals surface area contributed by atoms with Gasteiger partial charge in [-0.1, -0.05) is 30.3 Å². The summed E-state index contributed by atoms with van der Waals surface area (Å²) in [6.07, 6.45) is 8.07. The summed E-state index contributed by atoms with van der Waals surface area (Å²) >= 11 is 0. The average Bonchev–Trinajstić information content (AvgIpc) is 3.30. The Kier molecular flexibility index (Phi) is 4.52. The summed E-state index contributed by atoms with van der Waals surface area (Å²) in [5, 5.41) is 3.75. The van der Waals surface area contributed by atoms with Crippen LogP contribution in [0.1, 0.15) is 37.7 Å². The van der Waals surface area contributed by atoms with Crippen molar-refractivity contribution < 1.29 is 0 Å². The number of hydrogen-bond donors (Lipinski definition) is 1. The molecule has 0 unspecified atom stereocenters. The molecule has 0 radical (unpaired) electrons. The largest absolute Gasteiger partial charge is 0.314 e. The minimum absolute atomic E-state index is 0.769. The molecule has 2 fully saturated rings. The lowest BCUT2D eigenvalue weighted by Crippen LogP contribution is -2.43. The number of nitrogens with one attached hydrogen (secondary N) is 1. The SMILES string of the molecule is c1ccc(CCCNC2CCN(C3CC3)CC2)cc1. The van der Waals surface area contributed by atoms with Crippen LogP contribution in [0.2, 0.25) is 0 Å². The van der Waals surface area contributed by atoms with E-state index >= 15 is 0 Å². The number of aryl methyl sites for hydroxylation is 1. The molecular formula is C17H26N2. The predicted molar refractivity (Wildman–Crippen MR) is 80.4 cm³/mol. The van der Waals surface area contributed by atoms with Gasteiger partial charge in [-0.25, -0.2) is 0 Å². The Morgan fingerprint density at radius 1 is 1.00 bits per heavy atom. The number of nitrogens with zero attached hydrogens (tertiary/aromatic N) is 1. The topological polar surface area (TPSA) is 15.3 Å². The first-order chi connectivity index (χ1) is 9.42. The molecule has 19 heavy (non-hydrogen) atoms. The Bertz CT molecular complexity index is 364. The van der Waals surface area contributed by atoms with Crippen LogP contribution >= 0.6 is 0 Å². The molecule has 2 aliphatic rings. The summed E-state index contributed by atoms with van der Waals surface area (Å²) in [6.45, 7) is 3.81. The summed E-state index contributed by atoms with van der Waals surface area (Å²) in [6, 6.07) is 12.6. The number of likely N-dealkylation sites (tertiary alicyclic amines) is 1. The maximum atomic E-state index is 3.75. The van der Waals surface area contributed by atoms with Gasteiger partial charge in [0.2, 0.25) is 0 Å². The standard InChI is InChI=1S/C17H26N2/c1-2-5-15(6-3-1)7-4-12-18-16-10-13-19(14-11-16)17-8-9-17/h1-3,5-6,16-18H,4,7-14H2. The third-order valence-corrected chi connectivity index (χ3v) is 4.51. The van der Waals surface area contributed by atoms with Gasteiger partial charge in [-0.05, 0) is 63.7 Å². The highest BCUT2D eigenvalue weighted by Gasteiger charge is 2.31. The van der Waals surface area contributed by atoms with Gasteiger partial charge in [0, 0.05) is 12.1 Å². The highest BCUT2D eigenvalue weighted by atomic mass is 15.2. The van der Waals surface area contributed by atoms with E-state index in [0.717, 1.165) is 12.1 Å². The molecule has 104 valence electrons. The lowest BCUT2D eigenvalue weighted by atomic mass is 10.0. The van der Waals surface area contributed by atoms with E-state index in [2.05, 4.69) is 40.5 Å². The Balaban J connectivity index is 1.28. The highest BCUT2D eigenvalue weighted by molar-refractivity contribution is 5.14.